The molecular formula is C61H39N. The summed E-state index contributed by atoms with van der Waals surface area (Å²) < 4.78 is 0. The van der Waals surface area contributed by atoms with E-state index in [0.29, 0.717) is 0 Å². The van der Waals surface area contributed by atoms with Gasteiger partial charge in [-0.3, -0.25) is 0 Å². The van der Waals surface area contributed by atoms with Gasteiger partial charge in [0.25, 0.3) is 0 Å². The van der Waals surface area contributed by atoms with Crippen LogP contribution in [-0.2, 0) is 5.41 Å². The van der Waals surface area contributed by atoms with Crippen LogP contribution >= 0.6 is 0 Å². The summed E-state index contributed by atoms with van der Waals surface area (Å²) in [5, 5.41) is 7.70. The second-order valence-corrected chi connectivity index (χ2v) is 16.7. The summed E-state index contributed by atoms with van der Waals surface area (Å²) in [6, 6.07) is 87.8. The number of hydrogen-bond acceptors (Lipinski definition) is 1. The van der Waals surface area contributed by atoms with Crippen LogP contribution in [0.25, 0.3) is 76.8 Å². The van der Waals surface area contributed by atoms with Crippen LogP contribution in [0.3, 0.4) is 0 Å². The minimum atomic E-state index is -0.522. The Labute approximate surface area is 361 Å². The molecule has 0 unspecified atom stereocenters. The minimum absolute atomic E-state index is 0.522. The number of nitrogens with zero attached hydrogens (tertiary/aromatic N) is 1. The molecule has 11 aromatic rings. The maximum atomic E-state index is 2.45. The molecule has 1 spiro atoms. The molecule has 0 bridgehead atoms. The summed E-state index contributed by atoms with van der Waals surface area (Å²) in [5.41, 5.74) is 18.3. The van der Waals surface area contributed by atoms with Gasteiger partial charge in [0.05, 0.1) is 11.1 Å². The molecule has 2 aliphatic carbocycles. The fraction of sp³-hybridized carbons (Fsp3) is 0.0164. The van der Waals surface area contributed by atoms with E-state index < -0.39 is 5.41 Å². The van der Waals surface area contributed by atoms with Crippen molar-refractivity contribution >= 4 is 49.4 Å². The van der Waals surface area contributed by atoms with Gasteiger partial charge in [-0.15, -0.1) is 0 Å². The lowest BCUT2D eigenvalue weighted by molar-refractivity contribution is 0.809. The summed E-state index contributed by atoms with van der Waals surface area (Å²) in [4.78, 5) is 2.45. The number of benzene rings is 11. The summed E-state index contributed by atoms with van der Waals surface area (Å²) in [6.07, 6.45) is 0. The van der Waals surface area contributed by atoms with E-state index in [4.69, 9.17) is 0 Å². The first-order valence-corrected chi connectivity index (χ1v) is 21.6. The summed E-state index contributed by atoms with van der Waals surface area (Å²) >= 11 is 0. The smallest absolute Gasteiger partial charge is 0.0737 e. The second kappa shape index (κ2) is 13.5. The van der Waals surface area contributed by atoms with Crippen LogP contribution in [0.2, 0.25) is 0 Å². The highest BCUT2D eigenvalue weighted by Crippen LogP contribution is 2.66. The molecule has 0 heterocycles. The minimum Gasteiger partial charge on any atom is -0.310 e. The largest absolute Gasteiger partial charge is 0.310 e. The SMILES string of the molecule is c1ccc(-c2ccc(-c3ccccc3)c(N(c3ccccc3)c3ccc4c5c(ccc4c3)-c3c(c4ccccc4c4ccccc34)C53c4ccccc4-c4ccccc43)c2)cc1. The molecule has 0 atom stereocenters. The van der Waals surface area contributed by atoms with E-state index in [-0.39, 0.29) is 0 Å². The van der Waals surface area contributed by atoms with Crippen molar-refractivity contribution in [3.05, 3.63) is 259 Å². The fourth-order valence-electron chi connectivity index (χ4n) is 11.2. The Hall–Kier alpha value is -8.00. The molecule has 1 heteroatoms. The summed E-state index contributed by atoms with van der Waals surface area (Å²) in [5.74, 6) is 0. The van der Waals surface area contributed by atoms with Crippen LogP contribution < -0.4 is 4.90 Å². The second-order valence-electron chi connectivity index (χ2n) is 16.7. The fourth-order valence-corrected chi connectivity index (χ4v) is 11.2. The zero-order chi connectivity index (χ0) is 40.8. The molecule has 0 saturated heterocycles. The van der Waals surface area contributed by atoms with Crippen molar-refractivity contribution in [1.82, 2.24) is 0 Å². The van der Waals surface area contributed by atoms with Gasteiger partial charge in [0, 0.05) is 16.9 Å². The molecule has 0 saturated carbocycles. The Morgan fingerprint density at radius 2 is 0.839 bits per heavy atom. The van der Waals surface area contributed by atoms with Gasteiger partial charge in [0.2, 0.25) is 0 Å². The van der Waals surface area contributed by atoms with E-state index in [9.17, 15) is 0 Å². The Kier molecular flexibility index (Phi) is 7.59. The van der Waals surface area contributed by atoms with E-state index in [1.54, 1.807) is 0 Å². The first-order valence-electron chi connectivity index (χ1n) is 21.6. The highest BCUT2D eigenvalue weighted by molar-refractivity contribution is 6.21. The quantitative estimate of drug-likeness (QED) is 0.157. The Morgan fingerprint density at radius 3 is 1.53 bits per heavy atom. The number of rotatable bonds is 5. The molecule has 0 radical (unpaired) electrons. The normalized spacial score (nSPS) is 13.0. The maximum absolute atomic E-state index is 2.45. The number of hydrogen-bond donors (Lipinski definition) is 0. The van der Waals surface area contributed by atoms with Crippen molar-refractivity contribution in [2.75, 3.05) is 4.90 Å². The lowest BCUT2D eigenvalue weighted by Crippen LogP contribution is -2.26. The van der Waals surface area contributed by atoms with Crippen molar-refractivity contribution in [1.29, 1.82) is 0 Å². The highest BCUT2D eigenvalue weighted by atomic mass is 15.1. The third kappa shape index (κ3) is 4.85. The molecule has 62 heavy (non-hydrogen) atoms. The van der Waals surface area contributed by atoms with E-state index >= 15 is 0 Å². The molecule has 13 rings (SSSR count). The molecule has 2 aliphatic rings. The van der Waals surface area contributed by atoms with Gasteiger partial charge in [-0.1, -0.05) is 206 Å². The van der Waals surface area contributed by atoms with Gasteiger partial charge < -0.3 is 4.90 Å². The van der Waals surface area contributed by atoms with Crippen LogP contribution in [0.5, 0.6) is 0 Å². The highest BCUT2D eigenvalue weighted by Gasteiger charge is 2.53. The predicted molar refractivity (Wildman–Crippen MR) is 261 cm³/mol. The molecule has 0 N–H and O–H groups in total. The van der Waals surface area contributed by atoms with Gasteiger partial charge in [-0.05, 0) is 124 Å². The maximum Gasteiger partial charge on any atom is 0.0737 e. The Morgan fingerprint density at radius 1 is 0.290 bits per heavy atom. The van der Waals surface area contributed by atoms with Gasteiger partial charge in [0.15, 0.2) is 0 Å². The molecule has 1 nitrogen and oxygen atoms in total. The topological polar surface area (TPSA) is 3.24 Å². The number of para-hydroxylation sites is 1. The van der Waals surface area contributed by atoms with E-state index in [1.165, 1.54) is 99.1 Å². The zero-order valence-corrected chi connectivity index (χ0v) is 34.0. The van der Waals surface area contributed by atoms with Crippen molar-refractivity contribution in [2.24, 2.45) is 0 Å². The van der Waals surface area contributed by atoms with E-state index in [0.717, 1.165) is 17.1 Å². The Balaban J connectivity index is 1.12. The van der Waals surface area contributed by atoms with Crippen molar-refractivity contribution < 1.29 is 0 Å². The summed E-state index contributed by atoms with van der Waals surface area (Å²) in [6.45, 7) is 0. The summed E-state index contributed by atoms with van der Waals surface area (Å²) in [7, 11) is 0. The van der Waals surface area contributed by atoms with Crippen LogP contribution in [0.4, 0.5) is 17.1 Å². The van der Waals surface area contributed by atoms with Crippen LogP contribution in [0, 0.1) is 0 Å². The molecule has 11 aromatic carbocycles. The molecule has 0 amide bonds. The third-order valence-electron chi connectivity index (χ3n) is 13.6. The van der Waals surface area contributed by atoms with Crippen molar-refractivity contribution in [3.8, 4) is 44.5 Å². The lowest BCUT2D eigenvalue weighted by Gasteiger charge is -2.33. The zero-order valence-electron chi connectivity index (χ0n) is 34.0. The van der Waals surface area contributed by atoms with Gasteiger partial charge in [-0.2, -0.15) is 0 Å². The standard InChI is InChI=1S/C61H39N/c1-4-18-40(19-5-1)42-32-35-46(41-20-6-2-7-21-41)57(39-42)62(44-22-8-3-9-23-44)45-34-37-47-43(38-45)33-36-54-58-52-28-12-10-24-48(52)49-25-11-13-29-53(49)60(58)61(59(47)54)55-30-16-14-26-50(55)51-27-15-17-31-56(51)61/h1-39H. The van der Waals surface area contributed by atoms with Crippen molar-refractivity contribution in [2.45, 2.75) is 5.41 Å². The van der Waals surface area contributed by atoms with Gasteiger partial charge in [-0.25, -0.2) is 0 Å². The van der Waals surface area contributed by atoms with Crippen LogP contribution in [0.15, 0.2) is 237 Å². The third-order valence-corrected chi connectivity index (χ3v) is 13.6. The first-order chi connectivity index (χ1) is 30.8. The van der Waals surface area contributed by atoms with E-state index in [1.807, 2.05) is 0 Å². The molecule has 0 fully saturated rings. The first kappa shape index (κ1) is 34.8. The van der Waals surface area contributed by atoms with Gasteiger partial charge in [0.1, 0.15) is 0 Å². The molecular weight excluding hydrogens is 747 g/mol. The monoisotopic (exact) mass is 785 g/mol. The average molecular weight is 786 g/mol. The predicted octanol–water partition coefficient (Wildman–Crippen LogP) is 16.3. The number of anilines is 3. The Bertz CT molecular complexity index is 3520. The van der Waals surface area contributed by atoms with Crippen molar-refractivity contribution in [3.63, 3.8) is 0 Å². The van der Waals surface area contributed by atoms with Crippen LogP contribution in [0.1, 0.15) is 22.3 Å². The van der Waals surface area contributed by atoms with E-state index in [2.05, 4.69) is 241 Å². The van der Waals surface area contributed by atoms with Gasteiger partial charge >= 0.3 is 0 Å². The average Bonchev–Trinajstić information content (AvgIpc) is 3.83. The van der Waals surface area contributed by atoms with Crippen LogP contribution in [-0.4, -0.2) is 0 Å². The number of fused-ring (bicyclic) bond motifs is 17. The lowest BCUT2D eigenvalue weighted by atomic mass is 9.68. The molecule has 288 valence electrons. The molecule has 0 aromatic heterocycles. The molecule has 0 aliphatic heterocycles.